The summed E-state index contributed by atoms with van der Waals surface area (Å²) in [6.07, 6.45) is 17.4. The Morgan fingerprint density at radius 2 is 1.77 bits per heavy atom. The highest BCUT2D eigenvalue weighted by Gasteiger charge is 2.25. The molecule has 0 aliphatic heterocycles. The lowest BCUT2D eigenvalue weighted by atomic mass is 9.79. The van der Waals surface area contributed by atoms with E-state index in [4.69, 9.17) is 0 Å². The number of benzene rings is 1. The first kappa shape index (κ1) is 23.6. The molecule has 0 fully saturated rings. The van der Waals surface area contributed by atoms with E-state index in [9.17, 15) is 0 Å². The Bertz CT molecular complexity index is 798. The van der Waals surface area contributed by atoms with Crippen molar-refractivity contribution in [3.8, 4) is 0 Å². The highest BCUT2D eigenvalue weighted by Crippen LogP contribution is 2.37. The number of aryl methyl sites for hydroxylation is 1. The van der Waals surface area contributed by atoms with Crippen molar-refractivity contribution >= 4 is 0 Å². The second-order valence-electron chi connectivity index (χ2n) is 8.72. The number of allylic oxidation sites excluding steroid dienone is 7. The minimum absolute atomic E-state index is 0.482. The van der Waals surface area contributed by atoms with Gasteiger partial charge in [-0.2, -0.15) is 0 Å². The summed E-state index contributed by atoms with van der Waals surface area (Å²) in [7, 11) is 2.04. The molecule has 0 saturated heterocycles. The second kappa shape index (κ2) is 12.7. The van der Waals surface area contributed by atoms with E-state index in [0.29, 0.717) is 5.92 Å². The fraction of sp³-hybridized carbons (Fsp3) is 0.500. The smallest absolute Gasteiger partial charge is 0.0398 e. The van der Waals surface area contributed by atoms with Crippen molar-refractivity contribution in [2.45, 2.75) is 52.5 Å². The molecule has 3 rings (SSSR count). The predicted molar refractivity (Wildman–Crippen MR) is 134 cm³/mol. The summed E-state index contributed by atoms with van der Waals surface area (Å²) >= 11 is 0. The molecule has 168 valence electrons. The monoisotopic (exact) mass is 419 g/mol. The van der Waals surface area contributed by atoms with E-state index in [0.717, 1.165) is 38.9 Å². The Morgan fingerprint density at radius 3 is 2.52 bits per heavy atom. The first-order valence-corrected chi connectivity index (χ1v) is 12.2. The molecule has 2 aliphatic carbocycles. The third-order valence-corrected chi connectivity index (χ3v) is 6.44. The van der Waals surface area contributed by atoms with Crippen LogP contribution in [0.5, 0.6) is 0 Å². The zero-order valence-corrected chi connectivity index (χ0v) is 19.8. The Kier molecular flexibility index (Phi) is 9.64. The van der Waals surface area contributed by atoms with E-state index in [1.807, 2.05) is 7.05 Å². The average molecular weight is 420 g/mol. The lowest BCUT2D eigenvalue weighted by Gasteiger charge is -2.31. The van der Waals surface area contributed by atoms with Crippen LogP contribution in [0.1, 0.15) is 50.7 Å². The topological polar surface area (TPSA) is 27.3 Å². The Labute approximate surface area is 190 Å². The van der Waals surface area contributed by atoms with Crippen molar-refractivity contribution in [1.29, 1.82) is 0 Å². The number of hydrogen-bond acceptors (Lipinski definition) is 3. The molecule has 1 unspecified atom stereocenters. The molecule has 0 saturated carbocycles. The Balaban J connectivity index is 1.59. The van der Waals surface area contributed by atoms with Gasteiger partial charge in [-0.1, -0.05) is 62.4 Å². The molecule has 31 heavy (non-hydrogen) atoms. The Hall–Kier alpha value is -2.10. The van der Waals surface area contributed by atoms with Gasteiger partial charge >= 0.3 is 0 Å². The van der Waals surface area contributed by atoms with Crippen molar-refractivity contribution in [1.82, 2.24) is 15.5 Å². The first-order valence-electron chi connectivity index (χ1n) is 12.2. The normalized spacial score (nSPS) is 17.8. The van der Waals surface area contributed by atoms with E-state index in [-0.39, 0.29) is 0 Å². The lowest BCUT2D eigenvalue weighted by molar-refractivity contribution is 0.272. The molecule has 3 heteroatoms. The second-order valence-corrected chi connectivity index (χ2v) is 8.72. The molecular weight excluding hydrogens is 378 g/mol. The van der Waals surface area contributed by atoms with E-state index in [1.165, 1.54) is 53.9 Å². The van der Waals surface area contributed by atoms with Crippen LogP contribution in [-0.4, -0.2) is 38.1 Å². The minimum Gasteiger partial charge on any atom is -0.384 e. The van der Waals surface area contributed by atoms with Crippen molar-refractivity contribution in [3.05, 3.63) is 82.6 Å². The largest absolute Gasteiger partial charge is 0.384 e. The number of hydrogen-bond donors (Lipinski definition) is 2. The third kappa shape index (κ3) is 6.95. The maximum atomic E-state index is 3.74. The van der Waals surface area contributed by atoms with Crippen LogP contribution < -0.4 is 10.6 Å². The van der Waals surface area contributed by atoms with Gasteiger partial charge in [0.2, 0.25) is 0 Å². The van der Waals surface area contributed by atoms with Gasteiger partial charge in [-0.3, -0.25) is 0 Å². The quantitative estimate of drug-likeness (QED) is 0.450. The summed E-state index contributed by atoms with van der Waals surface area (Å²) in [5, 5.41) is 7.02. The highest BCUT2D eigenvalue weighted by molar-refractivity contribution is 5.48. The van der Waals surface area contributed by atoms with Crippen LogP contribution in [0.3, 0.4) is 0 Å². The number of nitrogens with zero attached hydrogens (tertiary/aromatic N) is 1. The summed E-state index contributed by atoms with van der Waals surface area (Å²) in [4.78, 5) is 2.60. The summed E-state index contributed by atoms with van der Waals surface area (Å²) in [6.45, 7) is 9.97. The zero-order chi connectivity index (χ0) is 21.9. The molecule has 3 nitrogen and oxygen atoms in total. The number of likely N-dealkylation sites (N-methyl/N-ethyl adjacent to an activating group) is 1. The van der Waals surface area contributed by atoms with Gasteiger partial charge in [0, 0.05) is 31.2 Å². The van der Waals surface area contributed by atoms with Crippen molar-refractivity contribution in [2.24, 2.45) is 5.92 Å². The molecule has 2 aliphatic rings. The van der Waals surface area contributed by atoms with Crippen LogP contribution in [0, 0.1) is 5.92 Å². The first-order chi connectivity index (χ1) is 15.2. The maximum Gasteiger partial charge on any atom is 0.0398 e. The summed E-state index contributed by atoms with van der Waals surface area (Å²) in [5.41, 5.74) is 7.16. The maximum absolute atomic E-state index is 3.74. The highest BCUT2D eigenvalue weighted by atomic mass is 15.1. The van der Waals surface area contributed by atoms with Crippen LogP contribution in [-0.2, 0) is 13.0 Å². The van der Waals surface area contributed by atoms with Crippen LogP contribution >= 0.6 is 0 Å². The van der Waals surface area contributed by atoms with Crippen LogP contribution in [0.2, 0.25) is 0 Å². The van der Waals surface area contributed by atoms with Crippen molar-refractivity contribution < 1.29 is 0 Å². The number of nitrogens with one attached hydrogen (secondary N) is 2. The molecule has 1 atom stereocenters. The van der Waals surface area contributed by atoms with Gasteiger partial charge in [-0.05, 0) is 80.6 Å². The summed E-state index contributed by atoms with van der Waals surface area (Å²) < 4.78 is 0. The standard InChI is InChI=1S/C28H41N3/c1-4-19-31(21-18-29-3)20-8-9-25-16-17-28(27-11-7-6-10-26(25)27)30-22-24-14-12-23(5-2)13-15-24/h6-7,10,12-17,27,29-30H,4-5,8-9,11,18-22H2,1-3H3. The predicted octanol–water partition coefficient (Wildman–Crippen LogP) is 5.38. The average Bonchev–Trinajstić information content (AvgIpc) is 2.82. The van der Waals surface area contributed by atoms with Gasteiger partial charge in [0.05, 0.1) is 0 Å². The minimum atomic E-state index is 0.482. The molecule has 1 aromatic carbocycles. The van der Waals surface area contributed by atoms with Crippen molar-refractivity contribution in [3.63, 3.8) is 0 Å². The molecule has 0 heterocycles. The fourth-order valence-corrected chi connectivity index (χ4v) is 4.58. The van der Waals surface area contributed by atoms with Crippen molar-refractivity contribution in [2.75, 3.05) is 33.2 Å². The number of fused-ring (bicyclic) bond motifs is 1. The van der Waals surface area contributed by atoms with Gasteiger partial charge in [-0.15, -0.1) is 0 Å². The molecule has 0 bridgehead atoms. The van der Waals surface area contributed by atoms with E-state index >= 15 is 0 Å². The fourth-order valence-electron chi connectivity index (χ4n) is 4.58. The van der Waals surface area contributed by atoms with E-state index in [1.54, 1.807) is 0 Å². The molecule has 0 amide bonds. The summed E-state index contributed by atoms with van der Waals surface area (Å²) in [6, 6.07) is 9.00. The zero-order valence-electron chi connectivity index (χ0n) is 19.8. The molecule has 0 radical (unpaired) electrons. The van der Waals surface area contributed by atoms with Crippen LogP contribution in [0.25, 0.3) is 0 Å². The van der Waals surface area contributed by atoms with Gasteiger partial charge in [0.15, 0.2) is 0 Å². The molecule has 0 aromatic heterocycles. The molecule has 0 spiro atoms. The lowest BCUT2D eigenvalue weighted by Crippen LogP contribution is -2.32. The van der Waals surface area contributed by atoms with Gasteiger partial charge in [0.1, 0.15) is 0 Å². The molecule has 2 N–H and O–H groups in total. The third-order valence-electron chi connectivity index (χ3n) is 6.44. The number of rotatable bonds is 13. The summed E-state index contributed by atoms with van der Waals surface area (Å²) in [5.74, 6) is 0.482. The molecule has 1 aromatic rings. The van der Waals surface area contributed by atoms with Crippen LogP contribution in [0.4, 0.5) is 0 Å². The van der Waals surface area contributed by atoms with Crippen LogP contribution in [0.15, 0.2) is 71.5 Å². The Morgan fingerprint density at radius 1 is 0.968 bits per heavy atom. The van der Waals surface area contributed by atoms with Gasteiger partial charge in [0.25, 0.3) is 0 Å². The molecular formula is C28H41N3. The van der Waals surface area contributed by atoms with Gasteiger partial charge < -0.3 is 15.5 Å². The SMILES string of the molecule is CCCN(CCCC1=CC=C(NCc2ccc(CC)cc2)C2CC=CC=C12)CCNC. The van der Waals surface area contributed by atoms with E-state index < -0.39 is 0 Å². The van der Waals surface area contributed by atoms with E-state index in [2.05, 4.69) is 84.0 Å². The van der Waals surface area contributed by atoms with Gasteiger partial charge in [-0.25, -0.2) is 0 Å².